The Bertz CT molecular complexity index is 315. The van der Waals surface area contributed by atoms with Crippen molar-refractivity contribution >= 4 is 0 Å². The lowest BCUT2D eigenvalue weighted by atomic mass is 10.0. The molecule has 0 aliphatic carbocycles. The largest absolute Gasteiger partial charge is 0.344 e. The summed E-state index contributed by atoms with van der Waals surface area (Å²) in [4.78, 5) is 16.6. The van der Waals surface area contributed by atoms with E-state index in [4.69, 9.17) is 0 Å². The van der Waals surface area contributed by atoms with Gasteiger partial charge in [0.1, 0.15) is 6.17 Å². The molecule has 3 nitrogen and oxygen atoms in total. The molecule has 0 spiro atoms. The van der Waals surface area contributed by atoms with Gasteiger partial charge in [-0.2, -0.15) is 0 Å². The van der Waals surface area contributed by atoms with E-state index >= 15 is 0 Å². The van der Waals surface area contributed by atoms with Gasteiger partial charge in [0.05, 0.1) is 0 Å². The van der Waals surface area contributed by atoms with Crippen molar-refractivity contribution in [2.75, 3.05) is 0 Å². The molecule has 0 aliphatic heterocycles. The number of nitrogens with one attached hydrogen (secondary N) is 1. The molecule has 4 heteroatoms. The van der Waals surface area contributed by atoms with Gasteiger partial charge < -0.3 is 4.98 Å². The average Bonchev–Trinajstić information content (AvgIpc) is 2.07. The molecule has 1 atom stereocenters. The van der Waals surface area contributed by atoms with Crippen molar-refractivity contribution in [2.24, 2.45) is 5.92 Å². The Labute approximate surface area is 82.4 Å². The summed E-state index contributed by atoms with van der Waals surface area (Å²) in [6, 6.07) is 0. The molecule has 1 rings (SSSR count). The third-order valence-corrected chi connectivity index (χ3v) is 1.91. The zero-order valence-corrected chi connectivity index (χ0v) is 8.46. The van der Waals surface area contributed by atoms with Crippen LogP contribution in [-0.4, -0.2) is 16.1 Å². The van der Waals surface area contributed by atoms with Gasteiger partial charge in [0, 0.05) is 18.8 Å². The molecule has 0 unspecified atom stereocenters. The fourth-order valence-corrected chi connectivity index (χ4v) is 1.33. The summed E-state index contributed by atoms with van der Waals surface area (Å²) in [7, 11) is 0. The van der Waals surface area contributed by atoms with Gasteiger partial charge in [0.2, 0.25) is 0 Å². The van der Waals surface area contributed by atoms with E-state index in [2.05, 4.69) is 9.97 Å². The number of rotatable bonds is 4. The van der Waals surface area contributed by atoms with Crippen molar-refractivity contribution in [2.45, 2.75) is 32.9 Å². The number of halogens is 1. The number of aromatic nitrogens is 2. The quantitative estimate of drug-likeness (QED) is 0.800. The van der Waals surface area contributed by atoms with E-state index in [-0.39, 0.29) is 0 Å². The Morgan fingerprint density at radius 2 is 2.29 bits per heavy atom. The summed E-state index contributed by atoms with van der Waals surface area (Å²) in [5.74, 6) is 0.348. The van der Waals surface area contributed by atoms with Gasteiger partial charge in [-0.05, 0) is 17.9 Å². The van der Waals surface area contributed by atoms with Gasteiger partial charge in [0.25, 0.3) is 0 Å². The molecule has 14 heavy (non-hydrogen) atoms. The summed E-state index contributed by atoms with van der Waals surface area (Å²) in [6.45, 7) is 3.97. The predicted octanol–water partition coefficient (Wildman–Crippen LogP) is 1.70. The first-order valence-corrected chi connectivity index (χ1v) is 4.75. The maximum atomic E-state index is 13.3. The first-order valence-electron chi connectivity index (χ1n) is 4.75. The Morgan fingerprint density at radius 1 is 1.57 bits per heavy atom. The average molecular weight is 198 g/mol. The molecule has 1 N–H and O–H groups in total. The molecule has 0 aromatic carbocycles. The van der Waals surface area contributed by atoms with Crippen molar-refractivity contribution in [3.8, 4) is 0 Å². The second-order valence-corrected chi connectivity index (χ2v) is 3.86. The van der Waals surface area contributed by atoms with Gasteiger partial charge in [-0.15, -0.1) is 0 Å². The van der Waals surface area contributed by atoms with Crippen LogP contribution in [0.2, 0.25) is 0 Å². The number of nitrogens with zero attached hydrogens (tertiary/aromatic N) is 1. The molecule has 0 bridgehead atoms. The van der Waals surface area contributed by atoms with E-state index < -0.39 is 11.9 Å². The number of hydrogen-bond acceptors (Lipinski definition) is 2. The highest BCUT2D eigenvalue weighted by Gasteiger charge is 2.10. The van der Waals surface area contributed by atoms with Crippen LogP contribution >= 0.6 is 0 Å². The van der Waals surface area contributed by atoms with Crippen molar-refractivity contribution < 1.29 is 4.39 Å². The van der Waals surface area contributed by atoms with Gasteiger partial charge in [-0.3, -0.25) is 0 Å². The smallest absolute Gasteiger partial charge is 0.312 e. The highest BCUT2D eigenvalue weighted by atomic mass is 19.1. The maximum Gasteiger partial charge on any atom is 0.344 e. The normalized spacial score (nSPS) is 13.1. The third-order valence-electron chi connectivity index (χ3n) is 1.91. The monoisotopic (exact) mass is 198 g/mol. The first kappa shape index (κ1) is 10.9. The molecule has 0 fully saturated rings. The Hall–Kier alpha value is -1.19. The standard InChI is InChI=1S/C10H15FN2O/c1-7(2)3-9(11)4-8-5-12-10(14)13-6-8/h5-7,9H,3-4H2,1-2H3,(H,12,13,14)/t9-/m0/s1. The fraction of sp³-hybridized carbons (Fsp3) is 0.600. The van der Waals surface area contributed by atoms with Crippen LogP contribution in [0.4, 0.5) is 4.39 Å². The van der Waals surface area contributed by atoms with Crippen LogP contribution in [0.25, 0.3) is 0 Å². The highest BCUT2D eigenvalue weighted by molar-refractivity contribution is 5.03. The van der Waals surface area contributed by atoms with Gasteiger partial charge in [-0.1, -0.05) is 13.8 Å². The summed E-state index contributed by atoms with van der Waals surface area (Å²) in [5, 5.41) is 0. The van der Waals surface area contributed by atoms with E-state index in [1.807, 2.05) is 13.8 Å². The minimum absolute atomic E-state index is 0.321. The van der Waals surface area contributed by atoms with E-state index in [0.29, 0.717) is 18.8 Å². The summed E-state index contributed by atoms with van der Waals surface area (Å²) < 4.78 is 13.3. The van der Waals surface area contributed by atoms with Crippen LogP contribution in [0.15, 0.2) is 17.2 Å². The SMILES string of the molecule is CC(C)C[C@H](F)Cc1cnc(=O)[nH]c1. The van der Waals surface area contributed by atoms with Crippen LogP contribution < -0.4 is 5.69 Å². The minimum atomic E-state index is -0.859. The van der Waals surface area contributed by atoms with Crippen molar-refractivity contribution in [1.29, 1.82) is 0 Å². The van der Waals surface area contributed by atoms with Crippen LogP contribution in [-0.2, 0) is 6.42 Å². The Kier molecular flexibility index (Phi) is 3.80. The van der Waals surface area contributed by atoms with Gasteiger partial charge in [-0.25, -0.2) is 14.2 Å². The Morgan fingerprint density at radius 3 is 2.79 bits per heavy atom. The lowest BCUT2D eigenvalue weighted by Gasteiger charge is -2.09. The van der Waals surface area contributed by atoms with Crippen molar-refractivity contribution in [3.63, 3.8) is 0 Å². The highest BCUT2D eigenvalue weighted by Crippen LogP contribution is 2.12. The molecule has 1 aromatic heterocycles. The van der Waals surface area contributed by atoms with Gasteiger partial charge in [0.15, 0.2) is 0 Å². The van der Waals surface area contributed by atoms with E-state index in [9.17, 15) is 9.18 Å². The minimum Gasteiger partial charge on any atom is -0.312 e. The zero-order valence-electron chi connectivity index (χ0n) is 8.46. The molecule has 1 heterocycles. The lowest BCUT2D eigenvalue weighted by molar-refractivity contribution is 0.281. The maximum absolute atomic E-state index is 13.3. The van der Waals surface area contributed by atoms with E-state index in [1.54, 1.807) is 0 Å². The molecular weight excluding hydrogens is 183 g/mol. The second kappa shape index (κ2) is 4.88. The topological polar surface area (TPSA) is 45.8 Å². The molecule has 0 saturated carbocycles. The zero-order chi connectivity index (χ0) is 10.6. The molecule has 1 aromatic rings. The molecule has 0 aliphatic rings. The van der Waals surface area contributed by atoms with Crippen LogP contribution in [0.5, 0.6) is 0 Å². The molecular formula is C10H15FN2O. The van der Waals surface area contributed by atoms with Crippen molar-refractivity contribution in [1.82, 2.24) is 9.97 Å². The van der Waals surface area contributed by atoms with E-state index in [1.165, 1.54) is 12.4 Å². The number of alkyl halides is 1. The van der Waals surface area contributed by atoms with Crippen molar-refractivity contribution in [3.05, 3.63) is 28.4 Å². The van der Waals surface area contributed by atoms with E-state index in [0.717, 1.165) is 5.56 Å². The fourth-order valence-electron chi connectivity index (χ4n) is 1.33. The summed E-state index contributed by atoms with van der Waals surface area (Å²) in [5.41, 5.74) is 0.339. The molecule has 78 valence electrons. The summed E-state index contributed by atoms with van der Waals surface area (Å²) in [6.07, 6.45) is 2.94. The predicted molar refractivity (Wildman–Crippen MR) is 52.9 cm³/mol. The van der Waals surface area contributed by atoms with Crippen LogP contribution in [0.1, 0.15) is 25.8 Å². The molecule has 0 saturated heterocycles. The van der Waals surface area contributed by atoms with Gasteiger partial charge >= 0.3 is 5.69 Å². The first-order chi connectivity index (χ1) is 6.58. The Balaban J connectivity index is 2.52. The third kappa shape index (κ3) is 3.68. The molecule has 0 amide bonds. The summed E-state index contributed by atoms with van der Waals surface area (Å²) >= 11 is 0. The van der Waals surface area contributed by atoms with Crippen LogP contribution in [0.3, 0.4) is 0 Å². The molecule has 0 radical (unpaired) electrons. The number of H-pyrrole nitrogens is 1. The van der Waals surface area contributed by atoms with Crippen LogP contribution in [0, 0.1) is 5.92 Å². The second-order valence-electron chi connectivity index (χ2n) is 3.86. The number of hydrogen-bond donors (Lipinski definition) is 1. The lowest BCUT2D eigenvalue weighted by Crippen LogP contribution is -2.13. The number of aromatic amines is 1.